The van der Waals surface area contributed by atoms with Gasteiger partial charge in [-0.05, 0) is 63.0 Å². The summed E-state index contributed by atoms with van der Waals surface area (Å²) in [6, 6.07) is 11.8. The molecule has 178 valence electrons. The summed E-state index contributed by atoms with van der Waals surface area (Å²) in [5.74, 6) is 0.623. The number of rotatable bonds is 6. The first kappa shape index (κ1) is 22.2. The normalized spacial score (nSPS) is 11.7. The molecule has 0 unspecified atom stereocenters. The van der Waals surface area contributed by atoms with E-state index in [9.17, 15) is 4.79 Å². The van der Waals surface area contributed by atoms with Gasteiger partial charge in [0.05, 0.1) is 21.6 Å². The monoisotopic (exact) mass is 494 g/mol. The summed E-state index contributed by atoms with van der Waals surface area (Å²) < 4.78 is 0. The lowest BCUT2D eigenvalue weighted by atomic mass is 10.1. The maximum atomic E-state index is 11.8. The fraction of sp³-hybridized carbons (Fsp3) is 0.154. The number of hydrogen-bond acceptors (Lipinski definition) is 8. The molecule has 36 heavy (non-hydrogen) atoms. The summed E-state index contributed by atoms with van der Waals surface area (Å²) in [5, 5.41) is 7.57. The predicted molar refractivity (Wildman–Crippen MR) is 141 cm³/mol. The Morgan fingerprint density at radius 1 is 1.08 bits per heavy atom. The second kappa shape index (κ2) is 8.74. The van der Waals surface area contributed by atoms with Crippen LogP contribution in [0.15, 0.2) is 55.0 Å². The highest BCUT2D eigenvalue weighted by Gasteiger charge is 2.18. The van der Waals surface area contributed by atoms with E-state index in [-0.39, 0.29) is 5.78 Å². The number of aromatic amines is 2. The zero-order valence-corrected chi connectivity index (χ0v) is 20.7. The molecule has 0 fully saturated rings. The molecule has 0 spiro atoms. The first-order chi connectivity index (χ1) is 17.5. The van der Waals surface area contributed by atoms with Crippen LogP contribution < -0.4 is 0 Å². The number of fused-ring (bicyclic) bond motifs is 2. The number of imidazole rings is 1. The molecule has 6 rings (SSSR count). The molecule has 0 aliphatic heterocycles. The summed E-state index contributed by atoms with van der Waals surface area (Å²) in [5.41, 5.74) is 7.30. The van der Waals surface area contributed by atoms with E-state index < -0.39 is 0 Å². The minimum absolute atomic E-state index is 0.0502. The molecule has 0 amide bonds. The Labute approximate surface area is 210 Å². The molecule has 9 nitrogen and oxygen atoms in total. The fourth-order valence-corrected chi connectivity index (χ4v) is 5.14. The third-order valence-electron chi connectivity index (χ3n) is 5.83. The van der Waals surface area contributed by atoms with Gasteiger partial charge in [0.1, 0.15) is 5.52 Å². The number of thiophene rings is 1. The summed E-state index contributed by atoms with van der Waals surface area (Å²) in [6.07, 6.45) is 5.42. The Hall–Kier alpha value is -4.28. The van der Waals surface area contributed by atoms with E-state index in [0.29, 0.717) is 27.6 Å². The van der Waals surface area contributed by atoms with Gasteiger partial charge < -0.3 is 9.88 Å². The van der Waals surface area contributed by atoms with E-state index in [0.717, 1.165) is 44.8 Å². The van der Waals surface area contributed by atoms with Crippen molar-refractivity contribution in [1.29, 1.82) is 0 Å². The molecule has 0 bridgehead atoms. The Morgan fingerprint density at radius 3 is 2.78 bits per heavy atom. The van der Waals surface area contributed by atoms with Crippen molar-refractivity contribution in [2.24, 2.45) is 0 Å². The maximum absolute atomic E-state index is 11.8. The molecule has 0 saturated heterocycles. The van der Waals surface area contributed by atoms with Crippen LogP contribution in [0.25, 0.3) is 55.4 Å². The summed E-state index contributed by atoms with van der Waals surface area (Å²) in [4.78, 5) is 37.4. The fourth-order valence-electron chi connectivity index (χ4n) is 4.20. The van der Waals surface area contributed by atoms with Gasteiger partial charge in [-0.3, -0.25) is 14.9 Å². The quantitative estimate of drug-likeness (QED) is 0.315. The molecule has 2 N–H and O–H groups in total. The number of aromatic nitrogens is 7. The molecule has 6 aromatic rings. The van der Waals surface area contributed by atoms with Gasteiger partial charge in [0.2, 0.25) is 0 Å². The van der Waals surface area contributed by atoms with Crippen LogP contribution in [0.2, 0.25) is 0 Å². The third-order valence-corrected chi connectivity index (χ3v) is 7.05. The topological polar surface area (TPSA) is 116 Å². The zero-order chi connectivity index (χ0) is 24.8. The molecule has 0 atom stereocenters. The molecular weight excluding hydrogens is 472 g/mol. The lowest BCUT2D eigenvalue weighted by molar-refractivity contribution is 0.102. The molecule has 6 aromatic heterocycles. The Bertz CT molecular complexity index is 1750. The van der Waals surface area contributed by atoms with Crippen molar-refractivity contribution in [3.8, 4) is 33.2 Å². The molecule has 0 aliphatic carbocycles. The number of pyridine rings is 3. The van der Waals surface area contributed by atoms with Gasteiger partial charge in [0, 0.05) is 41.1 Å². The van der Waals surface area contributed by atoms with Gasteiger partial charge in [-0.2, -0.15) is 5.10 Å². The van der Waals surface area contributed by atoms with Crippen molar-refractivity contribution in [3.05, 3.63) is 65.4 Å². The first-order valence-electron chi connectivity index (χ1n) is 11.4. The summed E-state index contributed by atoms with van der Waals surface area (Å²) >= 11 is 1.45. The van der Waals surface area contributed by atoms with Crippen molar-refractivity contribution in [2.75, 3.05) is 14.1 Å². The highest BCUT2D eigenvalue weighted by atomic mass is 32.1. The number of hydrogen-bond donors (Lipinski definition) is 2. The van der Waals surface area contributed by atoms with Gasteiger partial charge >= 0.3 is 0 Å². The van der Waals surface area contributed by atoms with Crippen LogP contribution in [0, 0.1) is 0 Å². The predicted octanol–water partition coefficient (Wildman–Crippen LogP) is 4.95. The molecule has 0 aliphatic rings. The van der Waals surface area contributed by atoms with Crippen molar-refractivity contribution in [1.82, 2.24) is 40.0 Å². The summed E-state index contributed by atoms with van der Waals surface area (Å²) in [6.45, 7) is 2.37. The highest BCUT2D eigenvalue weighted by molar-refractivity contribution is 7.17. The Kier molecular flexibility index (Phi) is 5.39. The largest absolute Gasteiger partial charge is 0.335 e. The van der Waals surface area contributed by atoms with Crippen LogP contribution in [-0.2, 0) is 6.54 Å². The number of ketones is 1. The van der Waals surface area contributed by atoms with Crippen molar-refractivity contribution in [3.63, 3.8) is 0 Å². The molecule has 0 aromatic carbocycles. The second-order valence-electron chi connectivity index (χ2n) is 8.85. The van der Waals surface area contributed by atoms with Gasteiger partial charge in [-0.15, -0.1) is 11.3 Å². The molecule has 0 radical (unpaired) electrons. The highest BCUT2D eigenvalue weighted by Crippen LogP contribution is 2.34. The van der Waals surface area contributed by atoms with Crippen molar-refractivity contribution >= 4 is 39.3 Å². The molecular formula is C26H22N8OS. The minimum Gasteiger partial charge on any atom is -0.335 e. The average molecular weight is 495 g/mol. The van der Waals surface area contributed by atoms with E-state index in [1.54, 1.807) is 13.1 Å². The third kappa shape index (κ3) is 3.96. The van der Waals surface area contributed by atoms with Gasteiger partial charge in [-0.25, -0.2) is 15.0 Å². The maximum Gasteiger partial charge on any atom is 0.178 e. The van der Waals surface area contributed by atoms with Crippen LogP contribution >= 0.6 is 11.3 Å². The summed E-state index contributed by atoms with van der Waals surface area (Å²) in [7, 11) is 4.06. The average Bonchev–Trinajstić information content (AvgIpc) is 3.60. The standard InChI is InChI=1S/C26H22N8OS/c1-14(35)20-6-7-21(36-20)17-8-9-28-25-22(17)30-26(31-25)24-23-19(32-33-24)5-4-18(29-23)16-10-15(11-27-12-16)13-34(2)3/h4-12H,13H2,1-3H3,(H,32,33)(H,28,30,31). The van der Waals surface area contributed by atoms with Crippen molar-refractivity contribution in [2.45, 2.75) is 13.5 Å². The SMILES string of the molecule is CC(=O)c1ccc(-c2ccnc3nc(-c4n[nH]c5ccc(-c6cncc(CN(C)C)c6)nc45)[nH]c23)s1. The van der Waals surface area contributed by atoms with Gasteiger partial charge in [-0.1, -0.05) is 0 Å². The Morgan fingerprint density at radius 2 is 1.97 bits per heavy atom. The lowest BCUT2D eigenvalue weighted by Gasteiger charge is -2.10. The van der Waals surface area contributed by atoms with Crippen LogP contribution in [0.5, 0.6) is 0 Å². The van der Waals surface area contributed by atoms with E-state index in [1.807, 2.05) is 56.8 Å². The number of nitrogens with one attached hydrogen (secondary N) is 2. The van der Waals surface area contributed by atoms with Crippen LogP contribution in [0.3, 0.4) is 0 Å². The van der Waals surface area contributed by atoms with E-state index in [2.05, 4.69) is 36.1 Å². The van der Waals surface area contributed by atoms with Gasteiger partial charge in [0.25, 0.3) is 0 Å². The number of Topliss-reactive ketones (excluding diaryl/α,β-unsaturated/α-hetero) is 1. The van der Waals surface area contributed by atoms with E-state index in [1.165, 1.54) is 11.3 Å². The molecule has 0 saturated carbocycles. The Balaban J connectivity index is 1.43. The van der Waals surface area contributed by atoms with Crippen molar-refractivity contribution < 1.29 is 4.79 Å². The number of carbonyl (C=O) groups is 1. The number of H-pyrrole nitrogens is 2. The molecule has 10 heteroatoms. The minimum atomic E-state index is 0.0502. The zero-order valence-electron chi connectivity index (χ0n) is 19.9. The molecule has 6 heterocycles. The van der Waals surface area contributed by atoms with Crippen LogP contribution in [-0.4, -0.2) is 59.9 Å². The smallest absolute Gasteiger partial charge is 0.178 e. The van der Waals surface area contributed by atoms with E-state index in [4.69, 9.17) is 9.97 Å². The van der Waals surface area contributed by atoms with Crippen LogP contribution in [0.1, 0.15) is 22.2 Å². The number of carbonyl (C=O) groups excluding carboxylic acids is 1. The first-order valence-corrected chi connectivity index (χ1v) is 12.2. The number of nitrogens with zero attached hydrogens (tertiary/aromatic N) is 6. The van der Waals surface area contributed by atoms with E-state index >= 15 is 0 Å². The lowest BCUT2D eigenvalue weighted by Crippen LogP contribution is -2.10. The van der Waals surface area contributed by atoms with Gasteiger partial charge in [0.15, 0.2) is 22.9 Å². The van der Waals surface area contributed by atoms with Crippen LogP contribution in [0.4, 0.5) is 0 Å². The second-order valence-corrected chi connectivity index (χ2v) is 9.93.